The molecule has 1 aromatic heterocycles. The van der Waals surface area contributed by atoms with Gasteiger partial charge in [-0.05, 0) is 11.6 Å². The molecule has 0 fully saturated rings. The highest BCUT2D eigenvalue weighted by Crippen LogP contribution is 2.27. The summed E-state index contributed by atoms with van der Waals surface area (Å²) in [7, 11) is 0. The second-order valence-electron chi connectivity index (χ2n) is 4.81. The molecule has 20 heavy (non-hydrogen) atoms. The van der Waals surface area contributed by atoms with E-state index in [0.717, 1.165) is 41.3 Å². The fraction of sp³-hybridized carbons (Fsp3) is 0.125. The Kier molecular flexibility index (Phi) is 2.52. The van der Waals surface area contributed by atoms with Crippen molar-refractivity contribution < 1.29 is 0 Å². The van der Waals surface area contributed by atoms with Crippen LogP contribution in [0.3, 0.4) is 0 Å². The van der Waals surface area contributed by atoms with Gasteiger partial charge in [-0.1, -0.05) is 42.5 Å². The molecule has 0 amide bonds. The lowest BCUT2D eigenvalue weighted by molar-refractivity contribution is 0.957. The van der Waals surface area contributed by atoms with Crippen LogP contribution in [0.25, 0.3) is 22.2 Å². The molecule has 0 saturated carbocycles. The molecule has 1 aliphatic heterocycles. The number of aromatic amines is 1. The average molecular weight is 262 g/mol. The average Bonchev–Trinajstić information content (AvgIpc) is 3.16. The molecule has 2 aromatic carbocycles. The molecule has 4 nitrogen and oxygen atoms in total. The predicted molar refractivity (Wildman–Crippen MR) is 80.9 cm³/mol. The summed E-state index contributed by atoms with van der Waals surface area (Å²) < 4.78 is 0. The van der Waals surface area contributed by atoms with Gasteiger partial charge in [0.2, 0.25) is 0 Å². The van der Waals surface area contributed by atoms with Gasteiger partial charge in [0.25, 0.3) is 0 Å². The number of aromatic nitrogens is 2. The number of hydrogen-bond acceptors (Lipinski definition) is 3. The molecule has 0 atom stereocenters. The highest BCUT2D eigenvalue weighted by Gasteiger charge is 2.14. The SMILES string of the molecule is c1ccc(-c2cccc3[nH]c(C4=NCCN4)nc23)cc1. The summed E-state index contributed by atoms with van der Waals surface area (Å²) in [5.74, 6) is 1.68. The summed E-state index contributed by atoms with van der Waals surface area (Å²) >= 11 is 0. The molecule has 0 saturated heterocycles. The Bertz CT molecular complexity index is 787. The van der Waals surface area contributed by atoms with Gasteiger partial charge >= 0.3 is 0 Å². The van der Waals surface area contributed by atoms with Crippen LogP contribution in [-0.4, -0.2) is 28.9 Å². The number of imidazole rings is 1. The summed E-state index contributed by atoms with van der Waals surface area (Å²) in [6, 6.07) is 16.5. The zero-order valence-electron chi connectivity index (χ0n) is 10.9. The van der Waals surface area contributed by atoms with E-state index in [-0.39, 0.29) is 0 Å². The lowest BCUT2D eigenvalue weighted by Gasteiger charge is -2.01. The van der Waals surface area contributed by atoms with Gasteiger partial charge in [0.15, 0.2) is 11.7 Å². The number of aliphatic imine (C=N–C) groups is 1. The van der Waals surface area contributed by atoms with E-state index in [2.05, 4.69) is 39.6 Å². The first kappa shape index (κ1) is 11.2. The van der Waals surface area contributed by atoms with E-state index in [4.69, 9.17) is 4.98 Å². The highest BCUT2D eigenvalue weighted by molar-refractivity contribution is 6.01. The second-order valence-corrected chi connectivity index (χ2v) is 4.81. The molecule has 3 aromatic rings. The number of nitrogens with zero attached hydrogens (tertiary/aromatic N) is 2. The van der Waals surface area contributed by atoms with Gasteiger partial charge in [-0.15, -0.1) is 0 Å². The third kappa shape index (κ3) is 1.77. The number of hydrogen-bond donors (Lipinski definition) is 2. The van der Waals surface area contributed by atoms with Crippen molar-refractivity contribution in [1.82, 2.24) is 15.3 Å². The van der Waals surface area contributed by atoms with Crippen LogP contribution >= 0.6 is 0 Å². The third-order valence-electron chi connectivity index (χ3n) is 3.50. The molecule has 4 heteroatoms. The maximum Gasteiger partial charge on any atom is 0.173 e. The van der Waals surface area contributed by atoms with Gasteiger partial charge in [-0.25, -0.2) is 4.98 Å². The molecule has 2 N–H and O–H groups in total. The maximum atomic E-state index is 4.72. The van der Waals surface area contributed by atoms with Gasteiger partial charge < -0.3 is 10.3 Å². The maximum absolute atomic E-state index is 4.72. The van der Waals surface area contributed by atoms with Crippen molar-refractivity contribution in [2.75, 3.05) is 13.1 Å². The topological polar surface area (TPSA) is 53.1 Å². The van der Waals surface area contributed by atoms with Crippen LogP contribution in [0.2, 0.25) is 0 Å². The van der Waals surface area contributed by atoms with Crippen molar-refractivity contribution in [3.63, 3.8) is 0 Å². The van der Waals surface area contributed by atoms with Gasteiger partial charge in [-0.3, -0.25) is 4.99 Å². The Hall–Kier alpha value is -2.62. The number of nitrogens with one attached hydrogen (secondary N) is 2. The van der Waals surface area contributed by atoms with E-state index >= 15 is 0 Å². The van der Waals surface area contributed by atoms with Crippen molar-refractivity contribution in [3.05, 3.63) is 54.4 Å². The van der Waals surface area contributed by atoms with E-state index < -0.39 is 0 Å². The van der Waals surface area contributed by atoms with Crippen LogP contribution in [0.1, 0.15) is 5.82 Å². The van der Waals surface area contributed by atoms with Gasteiger partial charge in [0.1, 0.15) is 0 Å². The fourth-order valence-electron chi connectivity index (χ4n) is 2.55. The molecule has 2 heterocycles. The molecule has 0 aliphatic carbocycles. The number of H-pyrrole nitrogens is 1. The van der Waals surface area contributed by atoms with E-state index in [1.165, 1.54) is 5.56 Å². The third-order valence-corrected chi connectivity index (χ3v) is 3.50. The van der Waals surface area contributed by atoms with Crippen molar-refractivity contribution >= 4 is 16.9 Å². The van der Waals surface area contributed by atoms with E-state index in [9.17, 15) is 0 Å². The minimum atomic E-state index is 0.817. The van der Waals surface area contributed by atoms with Gasteiger partial charge in [0.05, 0.1) is 17.6 Å². The Morgan fingerprint density at radius 2 is 1.85 bits per heavy atom. The molecule has 0 bridgehead atoms. The number of fused-ring (bicyclic) bond motifs is 1. The minimum Gasteiger partial charge on any atom is -0.365 e. The highest BCUT2D eigenvalue weighted by atomic mass is 15.1. The number of rotatable bonds is 2. The Morgan fingerprint density at radius 3 is 2.65 bits per heavy atom. The predicted octanol–water partition coefficient (Wildman–Crippen LogP) is 2.58. The molecule has 1 aliphatic rings. The van der Waals surface area contributed by atoms with Crippen molar-refractivity contribution in [2.45, 2.75) is 0 Å². The number of benzene rings is 2. The normalized spacial score (nSPS) is 14.3. The smallest absolute Gasteiger partial charge is 0.173 e. The van der Waals surface area contributed by atoms with Crippen LogP contribution < -0.4 is 5.32 Å². The molecule has 98 valence electrons. The summed E-state index contributed by atoms with van der Waals surface area (Å²) in [5, 5.41) is 3.25. The van der Waals surface area contributed by atoms with Crippen LogP contribution in [0.15, 0.2) is 53.5 Å². The minimum absolute atomic E-state index is 0.817. The molecule has 0 unspecified atom stereocenters. The Balaban J connectivity index is 1.90. The standard InChI is InChI=1S/C16H14N4/c1-2-5-11(6-3-1)12-7-4-8-13-14(12)20-16(19-13)15-17-9-10-18-15/h1-8H,9-10H2,(H,17,18)(H,19,20). The lowest BCUT2D eigenvalue weighted by atomic mass is 10.0. The summed E-state index contributed by atoms with van der Waals surface area (Å²) in [6.07, 6.45) is 0. The van der Waals surface area contributed by atoms with Crippen LogP contribution in [0, 0.1) is 0 Å². The summed E-state index contributed by atoms with van der Waals surface area (Å²) in [6.45, 7) is 1.70. The molecule has 0 radical (unpaired) electrons. The quantitative estimate of drug-likeness (QED) is 0.745. The number of para-hydroxylation sites is 1. The second kappa shape index (κ2) is 4.49. The van der Waals surface area contributed by atoms with Gasteiger partial charge in [0, 0.05) is 12.1 Å². The lowest BCUT2D eigenvalue weighted by Crippen LogP contribution is -2.20. The fourth-order valence-corrected chi connectivity index (χ4v) is 2.55. The monoisotopic (exact) mass is 262 g/mol. The Morgan fingerprint density at radius 1 is 0.950 bits per heavy atom. The van der Waals surface area contributed by atoms with Crippen LogP contribution in [0.4, 0.5) is 0 Å². The molecule has 0 spiro atoms. The van der Waals surface area contributed by atoms with Gasteiger partial charge in [-0.2, -0.15) is 0 Å². The first-order valence-corrected chi connectivity index (χ1v) is 6.75. The Labute approximate surface area is 116 Å². The summed E-state index contributed by atoms with van der Waals surface area (Å²) in [4.78, 5) is 12.5. The van der Waals surface area contributed by atoms with E-state index in [1.54, 1.807) is 0 Å². The zero-order valence-corrected chi connectivity index (χ0v) is 10.9. The number of amidine groups is 1. The van der Waals surface area contributed by atoms with E-state index in [1.807, 2.05) is 24.3 Å². The van der Waals surface area contributed by atoms with Crippen LogP contribution in [0.5, 0.6) is 0 Å². The van der Waals surface area contributed by atoms with Crippen molar-refractivity contribution in [2.24, 2.45) is 4.99 Å². The first-order valence-electron chi connectivity index (χ1n) is 6.75. The zero-order chi connectivity index (χ0) is 13.4. The van der Waals surface area contributed by atoms with Crippen LogP contribution in [-0.2, 0) is 0 Å². The van der Waals surface area contributed by atoms with Crippen molar-refractivity contribution in [1.29, 1.82) is 0 Å². The molecule has 4 rings (SSSR count). The largest absolute Gasteiger partial charge is 0.365 e. The molecular formula is C16H14N4. The summed E-state index contributed by atoms with van der Waals surface area (Å²) in [5.41, 5.74) is 4.35. The van der Waals surface area contributed by atoms with E-state index in [0.29, 0.717) is 0 Å². The molecular weight excluding hydrogens is 248 g/mol. The first-order chi connectivity index (χ1) is 9.92. The van der Waals surface area contributed by atoms with Crippen molar-refractivity contribution in [3.8, 4) is 11.1 Å².